The van der Waals surface area contributed by atoms with Gasteiger partial charge in [0.05, 0.1) is 10.4 Å². The lowest BCUT2D eigenvalue weighted by Gasteiger charge is -2.28. The number of ether oxygens (including phenoxy) is 1. The van der Waals surface area contributed by atoms with Crippen molar-refractivity contribution in [2.45, 2.75) is 50.7 Å². The lowest BCUT2D eigenvalue weighted by atomic mass is 10.1. The first-order valence-electron chi connectivity index (χ1n) is 7.07. The van der Waals surface area contributed by atoms with Gasteiger partial charge in [-0.05, 0) is 58.9 Å². The molecule has 1 aromatic carbocycles. The molecule has 0 saturated heterocycles. The number of amides is 1. The number of hydrogen-bond acceptors (Lipinski definition) is 4. The maximum atomic E-state index is 12.9. The minimum atomic E-state index is -3.79. The lowest BCUT2D eigenvalue weighted by molar-refractivity contribution is 0.0474. The van der Waals surface area contributed by atoms with Crippen LogP contribution in [0.4, 0.5) is 9.18 Å². The zero-order chi connectivity index (χ0) is 17.9. The Morgan fingerprint density at radius 3 is 2.13 bits per heavy atom. The van der Waals surface area contributed by atoms with Crippen LogP contribution in [0.3, 0.4) is 0 Å². The maximum Gasteiger partial charge on any atom is 0.408 e. The van der Waals surface area contributed by atoms with E-state index >= 15 is 0 Å². The van der Waals surface area contributed by atoms with Crippen molar-refractivity contribution in [3.63, 3.8) is 0 Å². The van der Waals surface area contributed by atoms with Gasteiger partial charge in [-0.1, -0.05) is 0 Å². The Balaban J connectivity index is 2.68. The molecule has 2 N–H and O–H groups in total. The number of halogens is 1. The van der Waals surface area contributed by atoms with Crippen LogP contribution in [0.5, 0.6) is 0 Å². The summed E-state index contributed by atoms with van der Waals surface area (Å²) in [6, 6.07) is 4.48. The largest absolute Gasteiger partial charge is 0.444 e. The number of rotatable bonds is 5. The molecule has 130 valence electrons. The molecular formula is C15H23FN2O4S. The molecule has 0 unspecified atom stereocenters. The van der Waals surface area contributed by atoms with Gasteiger partial charge in [-0.25, -0.2) is 22.3 Å². The summed E-state index contributed by atoms with van der Waals surface area (Å²) in [7, 11) is -3.79. The highest BCUT2D eigenvalue weighted by Crippen LogP contribution is 2.12. The summed E-state index contributed by atoms with van der Waals surface area (Å²) in [5.41, 5.74) is -1.51. The van der Waals surface area contributed by atoms with Gasteiger partial charge in [0.1, 0.15) is 11.4 Å². The first-order chi connectivity index (χ1) is 10.3. The third-order valence-corrected chi connectivity index (χ3v) is 4.08. The van der Waals surface area contributed by atoms with Crippen LogP contribution in [0.15, 0.2) is 29.2 Å². The molecule has 0 atom stereocenters. The number of nitrogens with one attached hydrogen (secondary N) is 2. The third kappa shape index (κ3) is 6.96. The summed E-state index contributed by atoms with van der Waals surface area (Å²) in [6.45, 7) is 8.46. The fourth-order valence-electron chi connectivity index (χ4n) is 1.60. The summed E-state index contributed by atoms with van der Waals surface area (Å²) < 4.78 is 44.6. The van der Waals surface area contributed by atoms with Gasteiger partial charge in [0.2, 0.25) is 10.0 Å². The van der Waals surface area contributed by atoms with Gasteiger partial charge in [-0.3, -0.25) is 0 Å². The van der Waals surface area contributed by atoms with E-state index in [9.17, 15) is 17.6 Å². The minimum Gasteiger partial charge on any atom is -0.444 e. The van der Waals surface area contributed by atoms with E-state index in [1.54, 1.807) is 34.6 Å². The Bertz CT molecular complexity index is 649. The highest BCUT2D eigenvalue weighted by Gasteiger charge is 2.26. The number of carbonyl (C=O) groups is 1. The van der Waals surface area contributed by atoms with Crippen molar-refractivity contribution >= 4 is 16.1 Å². The Kier molecular flexibility index (Phi) is 5.76. The van der Waals surface area contributed by atoms with E-state index < -0.39 is 33.1 Å². The Morgan fingerprint density at radius 2 is 1.65 bits per heavy atom. The molecule has 0 aliphatic carbocycles. The van der Waals surface area contributed by atoms with Crippen LogP contribution in [0.2, 0.25) is 0 Å². The van der Waals surface area contributed by atoms with Gasteiger partial charge < -0.3 is 10.1 Å². The molecule has 0 aromatic heterocycles. The normalized spacial score (nSPS) is 12.8. The standard InChI is InChI=1S/C15H23FN2O4S/c1-14(2,3)22-13(19)18-15(4,5)10-17-23(20,21)12-8-6-11(16)7-9-12/h6-9,17H,10H2,1-5H3,(H,18,19). The monoisotopic (exact) mass is 346 g/mol. The number of benzene rings is 1. The van der Waals surface area contributed by atoms with Crippen molar-refractivity contribution < 1.29 is 22.3 Å². The Hall–Kier alpha value is -1.67. The van der Waals surface area contributed by atoms with Crippen molar-refractivity contribution in [1.29, 1.82) is 0 Å². The molecule has 8 heteroatoms. The Labute approximate surface area is 136 Å². The quantitative estimate of drug-likeness (QED) is 0.857. The SMILES string of the molecule is CC(C)(CNS(=O)(=O)c1ccc(F)cc1)NC(=O)OC(C)(C)C. The fourth-order valence-corrected chi connectivity index (χ4v) is 2.81. The summed E-state index contributed by atoms with van der Waals surface area (Å²) in [6.07, 6.45) is -0.636. The van der Waals surface area contributed by atoms with Crippen LogP contribution in [0.25, 0.3) is 0 Å². The second-order valence-corrected chi connectivity index (χ2v) is 8.56. The molecule has 6 nitrogen and oxygen atoms in total. The molecule has 0 bridgehead atoms. The molecular weight excluding hydrogens is 323 g/mol. The number of alkyl carbamates (subject to hydrolysis) is 1. The minimum absolute atomic E-state index is 0.0491. The average Bonchev–Trinajstić information content (AvgIpc) is 2.34. The van der Waals surface area contributed by atoms with E-state index in [0.29, 0.717) is 0 Å². The van der Waals surface area contributed by atoms with Crippen molar-refractivity contribution in [1.82, 2.24) is 10.0 Å². The first kappa shape index (κ1) is 19.4. The smallest absolute Gasteiger partial charge is 0.408 e. The zero-order valence-corrected chi connectivity index (χ0v) is 14.8. The van der Waals surface area contributed by atoms with E-state index in [2.05, 4.69) is 10.0 Å². The molecule has 0 aliphatic heterocycles. The summed E-state index contributed by atoms with van der Waals surface area (Å²) in [4.78, 5) is 11.7. The summed E-state index contributed by atoms with van der Waals surface area (Å²) in [5, 5.41) is 2.60. The summed E-state index contributed by atoms with van der Waals surface area (Å²) in [5.74, 6) is -0.518. The number of hydrogen-bond donors (Lipinski definition) is 2. The highest BCUT2D eigenvalue weighted by atomic mass is 32.2. The van der Waals surface area contributed by atoms with Crippen LogP contribution >= 0.6 is 0 Å². The molecule has 0 heterocycles. The molecule has 0 radical (unpaired) electrons. The van der Waals surface area contributed by atoms with Crippen molar-refractivity contribution in [2.24, 2.45) is 0 Å². The van der Waals surface area contributed by atoms with E-state index in [-0.39, 0.29) is 11.4 Å². The molecule has 1 aromatic rings. The predicted octanol–water partition coefficient (Wildman–Crippen LogP) is 2.41. The van der Waals surface area contributed by atoms with Gasteiger partial charge in [-0.15, -0.1) is 0 Å². The van der Waals surface area contributed by atoms with Crippen LogP contribution in [0, 0.1) is 5.82 Å². The van der Waals surface area contributed by atoms with E-state index in [1.807, 2.05) is 0 Å². The number of sulfonamides is 1. The van der Waals surface area contributed by atoms with E-state index in [4.69, 9.17) is 4.74 Å². The van der Waals surface area contributed by atoms with Crippen molar-refractivity contribution in [3.8, 4) is 0 Å². The van der Waals surface area contributed by atoms with Gasteiger partial charge in [0.25, 0.3) is 0 Å². The third-order valence-electron chi connectivity index (χ3n) is 2.67. The molecule has 1 amide bonds. The molecule has 0 spiro atoms. The average molecular weight is 346 g/mol. The van der Waals surface area contributed by atoms with Gasteiger partial charge >= 0.3 is 6.09 Å². The van der Waals surface area contributed by atoms with Crippen molar-refractivity contribution in [3.05, 3.63) is 30.1 Å². The zero-order valence-electron chi connectivity index (χ0n) is 13.9. The van der Waals surface area contributed by atoms with Crippen LogP contribution in [-0.2, 0) is 14.8 Å². The lowest BCUT2D eigenvalue weighted by Crippen LogP contribution is -2.52. The second-order valence-electron chi connectivity index (χ2n) is 6.79. The number of carbonyl (C=O) groups excluding carboxylic acids is 1. The van der Waals surface area contributed by atoms with Gasteiger partial charge in [-0.2, -0.15) is 0 Å². The highest BCUT2D eigenvalue weighted by molar-refractivity contribution is 7.89. The van der Waals surface area contributed by atoms with Gasteiger partial charge in [0, 0.05) is 6.54 Å². The fraction of sp³-hybridized carbons (Fsp3) is 0.533. The maximum absolute atomic E-state index is 12.9. The molecule has 23 heavy (non-hydrogen) atoms. The summed E-state index contributed by atoms with van der Waals surface area (Å²) >= 11 is 0. The van der Waals surface area contributed by atoms with E-state index in [0.717, 1.165) is 12.1 Å². The van der Waals surface area contributed by atoms with Gasteiger partial charge in [0.15, 0.2) is 0 Å². The molecule has 0 aliphatic rings. The van der Waals surface area contributed by atoms with Crippen LogP contribution in [-0.4, -0.2) is 32.2 Å². The molecule has 1 rings (SSSR count). The second kappa shape index (κ2) is 6.84. The topological polar surface area (TPSA) is 84.5 Å². The van der Waals surface area contributed by atoms with Crippen LogP contribution < -0.4 is 10.0 Å². The molecule has 0 saturated carbocycles. The first-order valence-corrected chi connectivity index (χ1v) is 8.55. The Morgan fingerprint density at radius 1 is 1.13 bits per heavy atom. The van der Waals surface area contributed by atoms with Crippen LogP contribution in [0.1, 0.15) is 34.6 Å². The molecule has 0 fully saturated rings. The van der Waals surface area contributed by atoms with E-state index in [1.165, 1.54) is 12.1 Å². The predicted molar refractivity (Wildman–Crippen MR) is 85.0 cm³/mol. The van der Waals surface area contributed by atoms with Crippen molar-refractivity contribution in [2.75, 3.05) is 6.54 Å².